The second-order valence-electron chi connectivity index (χ2n) is 4.54. The minimum absolute atomic E-state index is 0.0436. The minimum Gasteiger partial charge on any atom is -0.351 e. The van der Waals surface area contributed by atoms with Crippen molar-refractivity contribution in [2.45, 2.75) is 26.8 Å². The van der Waals surface area contributed by atoms with E-state index in [9.17, 15) is 13.6 Å². The van der Waals surface area contributed by atoms with Crippen molar-refractivity contribution in [3.05, 3.63) is 35.4 Å². The minimum atomic E-state index is -0.677. The Balaban J connectivity index is 2.71. The molecule has 1 aromatic rings. The van der Waals surface area contributed by atoms with Crippen molar-refractivity contribution in [3.63, 3.8) is 0 Å². The van der Waals surface area contributed by atoms with Gasteiger partial charge in [0.2, 0.25) is 5.91 Å². The molecule has 0 aliphatic rings. The zero-order valence-corrected chi connectivity index (χ0v) is 10.6. The molecule has 0 bridgehead atoms. The molecule has 0 heterocycles. The van der Waals surface area contributed by atoms with Gasteiger partial charge in [-0.1, -0.05) is 6.92 Å². The van der Waals surface area contributed by atoms with Gasteiger partial charge in [0, 0.05) is 18.7 Å². The third-order valence-corrected chi connectivity index (χ3v) is 3.23. The lowest BCUT2D eigenvalue weighted by atomic mass is 9.86. The van der Waals surface area contributed by atoms with E-state index in [0.29, 0.717) is 6.42 Å². The Morgan fingerprint density at radius 1 is 1.44 bits per heavy atom. The fourth-order valence-electron chi connectivity index (χ4n) is 1.47. The molecule has 0 radical (unpaired) electrons. The Hall–Kier alpha value is -1.49. The van der Waals surface area contributed by atoms with Crippen LogP contribution >= 0.6 is 0 Å². The van der Waals surface area contributed by atoms with Crippen molar-refractivity contribution in [2.24, 2.45) is 11.1 Å². The van der Waals surface area contributed by atoms with Crippen LogP contribution in [0.2, 0.25) is 0 Å². The third kappa shape index (κ3) is 3.26. The van der Waals surface area contributed by atoms with Gasteiger partial charge in [0.05, 0.1) is 5.41 Å². The Labute approximate surface area is 105 Å². The number of nitrogens with one attached hydrogen (secondary N) is 1. The van der Waals surface area contributed by atoms with E-state index in [2.05, 4.69) is 5.32 Å². The van der Waals surface area contributed by atoms with E-state index >= 15 is 0 Å². The summed E-state index contributed by atoms with van der Waals surface area (Å²) in [4.78, 5) is 11.9. The van der Waals surface area contributed by atoms with Crippen molar-refractivity contribution in [2.75, 3.05) is 6.54 Å². The number of hydrogen-bond donors (Lipinski definition) is 2. The highest BCUT2D eigenvalue weighted by Gasteiger charge is 2.29. The maximum Gasteiger partial charge on any atom is 0.227 e. The molecule has 0 fully saturated rings. The zero-order chi connectivity index (χ0) is 13.8. The number of carbonyl (C=O) groups is 1. The van der Waals surface area contributed by atoms with Gasteiger partial charge < -0.3 is 11.1 Å². The highest BCUT2D eigenvalue weighted by molar-refractivity contribution is 5.82. The van der Waals surface area contributed by atoms with Crippen LogP contribution in [0.15, 0.2) is 18.2 Å². The first kappa shape index (κ1) is 14.6. The fraction of sp³-hybridized carbons (Fsp3) is 0.462. The highest BCUT2D eigenvalue weighted by atomic mass is 19.1. The molecule has 0 aliphatic carbocycles. The van der Waals surface area contributed by atoms with E-state index in [1.807, 2.05) is 6.92 Å². The number of carbonyl (C=O) groups excluding carboxylic acids is 1. The van der Waals surface area contributed by atoms with Crippen molar-refractivity contribution < 1.29 is 13.6 Å². The van der Waals surface area contributed by atoms with Gasteiger partial charge in [-0.25, -0.2) is 8.78 Å². The van der Waals surface area contributed by atoms with Crippen molar-refractivity contribution in [1.29, 1.82) is 0 Å². The van der Waals surface area contributed by atoms with Gasteiger partial charge >= 0.3 is 0 Å². The molecule has 0 saturated heterocycles. The number of rotatable bonds is 5. The molecule has 0 spiro atoms. The smallest absolute Gasteiger partial charge is 0.227 e. The second-order valence-corrected chi connectivity index (χ2v) is 4.54. The highest BCUT2D eigenvalue weighted by Crippen LogP contribution is 2.19. The van der Waals surface area contributed by atoms with Gasteiger partial charge in [0.15, 0.2) is 0 Å². The van der Waals surface area contributed by atoms with Crippen LogP contribution in [0, 0.1) is 17.0 Å². The molecule has 0 aliphatic heterocycles. The molecule has 1 rings (SSSR count). The lowest BCUT2D eigenvalue weighted by Gasteiger charge is -2.25. The predicted octanol–water partition coefficient (Wildman–Crippen LogP) is 1.96. The largest absolute Gasteiger partial charge is 0.351 e. The van der Waals surface area contributed by atoms with Crippen LogP contribution in [0.4, 0.5) is 8.78 Å². The van der Waals surface area contributed by atoms with Crippen LogP contribution in [-0.4, -0.2) is 12.5 Å². The Morgan fingerprint density at radius 2 is 2.11 bits per heavy atom. The SMILES string of the molecule is CCC(C)(CN)C(=O)NCc1cc(F)ccc1F. The van der Waals surface area contributed by atoms with Crippen LogP contribution < -0.4 is 11.1 Å². The van der Waals surface area contributed by atoms with Gasteiger partial charge in [-0.05, 0) is 31.5 Å². The first-order valence-electron chi connectivity index (χ1n) is 5.85. The first-order valence-corrected chi connectivity index (χ1v) is 5.85. The number of hydrogen-bond acceptors (Lipinski definition) is 2. The molecule has 1 amide bonds. The molecule has 0 aromatic heterocycles. The fourth-order valence-corrected chi connectivity index (χ4v) is 1.47. The zero-order valence-electron chi connectivity index (χ0n) is 10.6. The summed E-state index contributed by atoms with van der Waals surface area (Å²) >= 11 is 0. The molecule has 1 aromatic carbocycles. The Bertz CT molecular complexity index is 431. The topological polar surface area (TPSA) is 55.1 Å². The number of nitrogens with two attached hydrogens (primary N) is 1. The molecule has 5 heteroatoms. The number of amides is 1. The van der Waals surface area contributed by atoms with Gasteiger partial charge in [-0.2, -0.15) is 0 Å². The maximum absolute atomic E-state index is 13.3. The van der Waals surface area contributed by atoms with E-state index in [1.54, 1.807) is 6.92 Å². The van der Waals surface area contributed by atoms with Crippen molar-refractivity contribution in [1.82, 2.24) is 5.32 Å². The third-order valence-electron chi connectivity index (χ3n) is 3.23. The lowest BCUT2D eigenvalue weighted by Crippen LogP contribution is -2.43. The molecule has 1 unspecified atom stereocenters. The molecule has 100 valence electrons. The van der Waals surface area contributed by atoms with Gasteiger partial charge in [-0.3, -0.25) is 4.79 Å². The van der Waals surface area contributed by atoms with Crippen LogP contribution in [0.3, 0.4) is 0 Å². The predicted molar refractivity (Wildman–Crippen MR) is 65.7 cm³/mol. The molecule has 1 atom stereocenters. The molecular formula is C13H18F2N2O. The molecular weight excluding hydrogens is 238 g/mol. The normalized spacial score (nSPS) is 14.1. The summed E-state index contributed by atoms with van der Waals surface area (Å²) in [7, 11) is 0. The van der Waals surface area contributed by atoms with Gasteiger partial charge in [0.1, 0.15) is 11.6 Å². The van der Waals surface area contributed by atoms with Crippen LogP contribution in [0.1, 0.15) is 25.8 Å². The summed E-state index contributed by atoms with van der Waals surface area (Å²) in [6, 6.07) is 3.15. The Morgan fingerprint density at radius 3 is 2.67 bits per heavy atom. The van der Waals surface area contributed by atoms with E-state index in [-0.39, 0.29) is 24.6 Å². The molecule has 3 nitrogen and oxygen atoms in total. The molecule has 3 N–H and O–H groups in total. The van der Waals surface area contributed by atoms with Crippen molar-refractivity contribution >= 4 is 5.91 Å². The summed E-state index contributed by atoms with van der Waals surface area (Å²) < 4.78 is 26.3. The molecule has 18 heavy (non-hydrogen) atoms. The lowest BCUT2D eigenvalue weighted by molar-refractivity contribution is -0.130. The maximum atomic E-state index is 13.3. The van der Waals surface area contributed by atoms with E-state index in [1.165, 1.54) is 0 Å². The van der Waals surface area contributed by atoms with Crippen LogP contribution in [-0.2, 0) is 11.3 Å². The van der Waals surface area contributed by atoms with Crippen molar-refractivity contribution in [3.8, 4) is 0 Å². The van der Waals surface area contributed by atoms with E-state index in [0.717, 1.165) is 18.2 Å². The quantitative estimate of drug-likeness (QED) is 0.846. The average Bonchev–Trinajstić information content (AvgIpc) is 2.38. The van der Waals surface area contributed by atoms with E-state index < -0.39 is 17.0 Å². The first-order chi connectivity index (χ1) is 8.42. The standard InChI is InChI=1S/C13H18F2N2O/c1-3-13(2,8-16)12(18)17-7-9-6-10(14)4-5-11(9)15/h4-6H,3,7-8,16H2,1-2H3,(H,17,18). The van der Waals surface area contributed by atoms with Gasteiger partial charge in [-0.15, -0.1) is 0 Å². The number of halogens is 2. The monoisotopic (exact) mass is 256 g/mol. The van der Waals surface area contributed by atoms with Crippen LogP contribution in [0.5, 0.6) is 0 Å². The van der Waals surface area contributed by atoms with Crippen LogP contribution in [0.25, 0.3) is 0 Å². The summed E-state index contributed by atoms with van der Waals surface area (Å²) in [6.45, 7) is 3.76. The summed E-state index contributed by atoms with van der Waals surface area (Å²) in [6.07, 6.45) is 0.584. The Kier molecular flexibility index (Phi) is 4.78. The number of benzene rings is 1. The summed E-state index contributed by atoms with van der Waals surface area (Å²) in [5.74, 6) is -1.32. The summed E-state index contributed by atoms with van der Waals surface area (Å²) in [5, 5.41) is 2.58. The second kappa shape index (κ2) is 5.91. The molecule has 0 saturated carbocycles. The van der Waals surface area contributed by atoms with E-state index in [4.69, 9.17) is 5.73 Å². The summed E-state index contributed by atoms with van der Waals surface area (Å²) in [5.41, 5.74) is 4.99. The van der Waals surface area contributed by atoms with Gasteiger partial charge in [0.25, 0.3) is 0 Å². The average molecular weight is 256 g/mol.